The van der Waals surface area contributed by atoms with Gasteiger partial charge in [0, 0.05) is 25.6 Å². The fourth-order valence-electron chi connectivity index (χ4n) is 3.11. The van der Waals surface area contributed by atoms with Crippen molar-refractivity contribution in [3.8, 4) is 5.75 Å². The first-order chi connectivity index (χ1) is 13.2. The highest BCUT2D eigenvalue weighted by atomic mass is 16.5. The van der Waals surface area contributed by atoms with Gasteiger partial charge in [-0.2, -0.15) is 9.61 Å². The fraction of sp³-hybridized carbons (Fsp3) is 0.333. The molecular weight excluding hydrogens is 346 g/mol. The fourth-order valence-corrected chi connectivity index (χ4v) is 3.11. The maximum atomic E-state index is 12.5. The van der Waals surface area contributed by atoms with Gasteiger partial charge in [0.15, 0.2) is 5.65 Å². The lowest BCUT2D eigenvalue weighted by atomic mass is 10.3. The third-order valence-corrected chi connectivity index (χ3v) is 4.67. The van der Waals surface area contributed by atoms with E-state index in [1.807, 2.05) is 18.2 Å². The average molecular weight is 365 g/mol. The molecule has 1 fully saturated rings. The molecular formula is C18H19N7O2. The molecule has 27 heavy (non-hydrogen) atoms. The van der Waals surface area contributed by atoms with Crippen molar-refractivity contribution in [3.05, 3.63) is 35.7 Å². The second-order valence-electron chi connectivity index (χ2n) is 6.68. The Morgan fingerprint density at radius 1 is 1.26 bits per heavy atom. The second kappa shape index (κ2) is 6.11. The maximum Gasteiger partial charge on any atom is 0.256 e. The number of hydrogen-bond acceptors (Lipinski definition) is 7. The molecule has 1 amide bonds. The molecule has 3 aromatic rings. The smallest absolute Gasteiger partial charge is 0.256 e. The van der Waals surface area contributed by atoms with Crippen LogP contribution in [-0.4, -0.2) is 45.2 Å². The van der Waals surface area contributed by atoms with Gasteiger partial charge in [-0.15, -0.1) is 0 Å². The number of anilines is 3. The molecule has 0 aromatic carbocycles. The standard InChI is InChI=1S/C18H19N7O2/c1-19-16-8-15(23-14-5-4-13-12(22-14)6-7-27-13)24-17-11(9-20-25(16)17)18(26)21-10-2-3-10/h4-5,8-10,19H,2-3,6-7H2,1H3,(H,21,26)(H,22,23,24). The Morgan fingerprint density at radius 2 is 2.15 bits per heavy atom. The zero-order chi connectivity index (χ0) is 18.4. The second-order valence-corrected chi connectivity index (χ2v) is 6.68. The van der Waals surface area contributed by atoms with Crippen molar-refractivity contribution < 1.29 is 9.53 Å². The summed E-state index contributed by atoms with van der Waals surface area (Å²) in [6, 6.07) is 5.86. The summed E-state index contributed by atoms with van der Waals surface area (Å²) in [6.45, 7) is 0.662. The first kappa shape index (κ1) is 15.9. The minimum atomic E-state index is -0.146. The Morgan fingerprint density at radius 3 is 2.96 bits per heavy atom. The Labute approximate surface area is 155 Å². The van der Waals surface area contributed by atoms with Crippen LogP contribution in [0.25, 0.3) is 5.65 Å². The van der Waals surface area contributed by atoms with E-state index in [1.54, 1.807) is 17.8 Å². The third-order valence-electron chi connectivity index (χ3n) is 4.67. The van der Waals surface area contributed by atoms with E-state index in [9.17, 15) is 4.79 Å². The summed E-state index contributed by atoms with van der Waals surface area (Å²) in [5.41, 5.74) is 1.88. The molecule has 9 heteroatoms. The molecule has 0 unspecified atom stereocenters. The highest BCUT2D eigenvalue weighted by molar-refractivity contribution is 6.00. The number of fused-ring (bicyclic) bond motifs is 2. The van der Waals surface area contributed by atoms with Gasteiger partial charge in [0.25, 0.3) is 5.91 Å². The summed E-state index contributed by atoms with van der Waals surface area (Å²) >= 11 is 0. The van der Waals surface area contributed by atoms with Crippen LogP contribution in [0.1, 0.15) is 28.9 Å². The quantitative estimate of drug-likeness (QED) is 0.632. The average Bonchev–Trinajstić information content (AvgIpc) is 3.18. The number of hydrogen-bond donors (Lipinski definition) is 3. The number of nitrogens with one attached hydrogen (secondary N) is 3. The van der Waals surface area contributed by atoms with Gasteiger partial charge in [0.2, 0.25) is 0 Å². The molecule has 9 nitrogen and oxygen atoms in total. The number of amides is 1. The normalized spacial score (nSPS) is 15.3. The monoisotopic (exact) mass is 365 g/mol. The van der Waals surface area contributed by atoms with Crippen LogP contribution in [0.2, 0.25) is 0 Å². The SMILES string of the molecule is CNc1cc(Nc2ccc3c(n2)CCO3)nc2c(C(=O)NC3CC3)cnn12. The van der Waals surface area contributed by atoms with E-state index in [0.29, 0.717) is 29.5 Å². The zero-order valence-corrected chi connectivity index (χ0v) is 14.8. The summed E-state index contributed by atoms with van der Waals surface area (Å²) in [4.78, 5) is 21.7. The van der Waals surface area contributed by atoms with Crippen LogP contribution in [0, 0.1) is 0 Å². The maximum absolute atomic E-state index is 12.5. The van der Waals surface area contributed by atoms with Crippen LogP contribution in [0.3, 0.4) is 0 Å². The molecule has 3 aromatic heterocycles. The molecule has 3 N–H and O–H groups in total. The Balaban J connectivity index is 1.50. The van der Waals surface area contributed by atoms with Crippen molar-refractivity contribution in [2.75, 3.05) is 24.3 Å². The highest BCUT2D eigenvalue weighted by Gasteiger charge is 2.26. The van der Waals surface area contributed by atoms with Gasteiger partial charge in [0.1, 0.15) is 28.8 Å². The topological polar surface area (TPSA) is 105 Å². The predicted octanol–water partition coefficient (Wildman–Crippen LogP) is 1.74. The number of nitrogens with zero attached hydrogens (tertiary/aromatic N) is 4. The lowest BCUT2D eigenvalue weighted by Crippen LogP contribution is -2.25. The molecule has 0 spiro atoms. The van der Waals surface area contributed by atoms with E-state index in [4.69, 9.17) is 4.74 Å². The summed E-state index contributed by atoms with van der Waals surface area (Å²) < 4.78 is 7.12. The number of ether oxygens (including phenoxy) is 1. The van der Waals surface area contributed by atoms with Crippen LogP contribution in [0.15, 0.2) is 24.4 Å². The number of rotatable bonds is 5. The van der Waals surface area contributed by atoms with Gasteiger partial charge < -0.3 is 20.7 Å². The van der Waals surface area contributed by atoms with E-state index >= 15 is 0 Å². The molecule has 2 aliphatic rings. The summed E-state index contributed by atoms with van der Waals surface area (Å²) in [5.74, 6) is 2.67. The molecule has 0 saturated heterocycles. The van der Waals surface area contributed by atoms with E-state index < -0.39 is 0 Å². The molecule has 1 saturated carbocycles. The molecule has 0 atom stereocenters. The predicted molar refractivity (Wildman–Crippen MR) is 99.7 cm³/mol. The van der Waals surface area contributed by atoms with E-state index in [2.05, 4.69) is 31.0 Å². The first-order valence-electron chi connectivity index (χ1n) is 8.98. The van der Waals surface area contributed by atoms with Gasteiger partial charge in [-0.05, 0) is 25.0 Å². The number of carbonyl (C=O) groups excluding carboxylic acids is 1. The van der Waals surface area contributed by atoms with Crippen LogP contribution < -0.4 is 20.7 Å². The lowest BCUT2D eigenvalue weighted by molar-refractivity contribution is 0.0952. The van der Waals surface area contributed by atoms with Crippen molar-refractivity contribution >= 4 is 29.0 Å². The van der Waals surface area contributed by atoms with Gasteiger partial charge >= 0.3 is 0 Å². The van der Waals surface area contributed by atoms with Gasteiger partial charge in [-0.3, -0.25) is 4.79 Å². The minimum absolute atomic E-state index is 0.146. The number of carbonyl (C=O) groups is 1. The molecule has 0 bridgehead atoms. The van der Waals surface area contributed by atoms with Crippen LogP contribution in [-0.2, 0) is 6.42 Å². The lowest BCUT2D eigenvalue weighted by Gasteiger charge is -2.10. The molecule has 1 aliphatic heterocycles. The van der Waals surface area contributed by atoms with E-state index in [-0.39, 0.29) is 11.9 Å². The molecule has 1 aliphatic carbocycles. The molecule has 0 radical (unpaired) electrons. The summed E-state index contributed by atoms with van der Waals surface area (Å²) in [7, 11) is 1.80. The summed E-state index contributed by atoms with van der Waals surface area (Å²) in [5, 5.41) is 13.6. The third kappa shape index (κ3) is 2.90. The largest absolute Gasteiger partial charge is 0.491 e. The highest BCUT2D eigenvalue weighted by Crippen LogP contribution is 2.27. The number of pyridine rings is 1. The number of aromatic nitrogens is 4. The van der Waals surface area contributed by atoms with Crippen molar-refractivity contribution in [3.63, 3.8) is 0 Å². The molecule has 5 rings (SSSR count). The van der Waals surface area contributed by atoms with Crippen molar-refractivity contribution in [2.45, 2.75) is 25.3 Å². The Hall–Kier alpha value is -3.36. The minimum Gasteiger partial charge on any atom is -0.491 e. The first-order valence-corrected chi connectivity index (χ1v) is 8.98. The van der Waals surface area contributed by atoms with Crippen molar-refractivity contribution in [1.82, 2.24) is 24.9 Å². The molecule has 4 heterocycles. The van der Waals surface area contributed by atoms with E-state index in [0.717, 1.165) is 36.5 Å². The van der Waals surface area contributed by atoms with Crippen LogP contribution in [0.5, 0.6) is 5.75 Å². The van der Waals surface area contributed by atoms with Crippen molar-refractivity contribution in [1.29, 1.82) is 0 Å². The van der Waals surface area contributed by atoms with Crippen molar-refractivity contribution in [2.24, 2.45) is 0 Å². The zero-order valence-electron chi connectivity index (χ0n) is 14.8. The Bertz CT molecular complexity index is 1040. The van der Waals surface area contributed by atoms with Gasteiger partial charge in [-0.25, -0.2) is 9.97 Å². The Kier molecular flexibility index (Phi) is 3.59. The van der Waals surface area contributed by atoms with Gasteiger partial charge in [0.05, 0.1) is 18.5 Å². The van der Waals surface area contributed by atoms with Gasteiger partial charge in [-0.1, -0.05) is 0 Å². The summed E-state index contributed by atoms with van der Waals surface area (Å²) in [6.07, 6.45) is 4.41. The van der Waals surface area contributed by atoms with Crippen LogP contribution >= 0.6 is 0 Å². The van der Waals surface area contributed by atoms with E-state index in [1.165, 1.54) is 0 Å². The molecule has 138 valence electrons. The van der Waals surface area contributed by atoms with Crippen LogP contribution in [0.4, 0.5) is 17.5 Å².